The molecule has 0 atom stereocenters. The topological polar surface area (TPSA) is 49.4 Å². The minimum Gasteiger partial charge on any atom is -0.550 e. The highest BCUT2D eigenvalue weighted by atomic mass is 35.5. The third-order valence-corrected chi connectivity index (χ3v) is 2.29. The summed E-state index contributed by atoms with van der Waals surface area (Å²) in [4.78, 5) is 10.1. The van der Waals surface area contributed by atoms with Crippen LogP contribution in [0, 0.1) is 0 Å². The van der Waals surface area contributed by atoms with E-state index in [9.17, 15) is 9.90 Å². The summed E-state index contributed by atoms with van der Waals surface area (Å²) >= 11 is 11.7. The van der Waals surface area contributed by atoms with Gasteiger partial charge in [0.1, 0.15) is 0 Å². The van der Waals surface area contributed by atoms with Gasteiger partial charge in [-0.25, -0.2) is 0 Å². The van der Waals surface area contributed by atoms with Gasteiger partial charge < -0.3 is 14.6 Å². The summed E-state index contributed by atoms with van der Waals surface area (Å²) in [6.45, 7) is 0.247. The molecule has 5 heteroatoms. The molecule has 0 aromatic heterocycles. The Morgan fingerprint density at radius 3 is 2.47 bits per heavy atom. The minimum absolute atomic E-state index is 0.0396. The third kappa shape index (κ3) is 3.98. The van der Waals surface area contributed by atoms with E-state index >= 15 is 0 Å². The smallest absolute Gasteiger partial charge is 0.156 e. The lowest BCUT2D eigenvalue weighted by Crippen LogP contribution is -2.22. The molecule has 0 aliphatic heterocycles. The molecule has 0 aliphatic carbocycles. The summed E-state index contributed by atoms with van der Waals surface area (Å²) in [5.41, 5.74) is 0. The zero-order valence-electron chi connectivity index (χ0n) is 7.83. The maximum absolute atomic E-state index is 10.1. The number of hydrogen-bond acceptors (Lipinski definition) is 3. The number of carbonyl (C=O) groups excluding carboxylic acids is 1. The second-order valence-corrected chi connectivity index (χ2v) is 3.69. The highest BCUT2D eigenvalue weighted by Gasteiger charge is 2.05. The first-order valence-corrected chi connectivity index (χ1v) is 5.13. The van der Waals surface area contributed by atoms with Gasteiger partial charge in [0.05, 0.1) is 16.7 Å². The van der Waals surface area contributed by atoms with E-state index in [4.69, 9.17) is 27.9 Å². The molecule has 0 saturated carbocycles. The van der Waals surface area contributed by atoms with Gasteiger partial charge in [0, 0.05) is 5.97 Å². The van der Waals surface area contributed by atoms with Crippen molar-refractivity contribution < 1.29 is 14.6 Å². The van der Waals surface area contributed by atoms with Gasteiger partial charge in [-0.1, -0.05) is 29.3 Å². The monoisotopic (exact) mass is 247 g/mol. The fraction of sp³-hybridized carbons (Fsp3) is 0.300. The van der Waals surface area contributed by atoms with Gasteiger partial charge in [-0.15, -0.1) is 0 Å². The van der Waals surface area contributed by atoms with Gasteiger partial charge in [0.25, 0.3) is 0 Å². The van der Waals surface area contributed by atoms with Crippen molar-refractivity contribution in [1.29, 1.82) is 0 Å². The van der Waals surface area contributed by atoms with Crippen LogP contribution < -0.4 is 9.84 Å². The number of aliphatic carboxylic acids is 1. The lowest BCUT2D eigenvalue weighted by molar-refractivity contribution is -0.305. The zero-order valence-corrected chi connectivity index (χ0v) is 9.35. The van der Waals surface area contributed by atoms with Crippen LogP contribution in [0.25, 0.3) is 0 Å². The number of para-hydroxylation sites is 1. The first-order valence-electron chi connectivity index (χ1n) is 4.38. The molecule has 0 radical (unpaired) electrons. The van der Waals surface area contributed by atoms with E-state index in [1.165, 1.54) is 0 Å². The van der Waals surface area contributed by atoms with Crippen LogP contribution in [0.4, 0.5) is 0 Å². The van der Waals surface area contributed by atoms with E-state index in [0.29, 0.717) is 22.2 Å². The predicted octanol–water partition coefficient (Wildman–Crippen LogP) is 1.90. The van der Waals surface area contributed by atoms with Crippen LogP contribution in [0.5, 0.6) is 5.75 Å². The highest BCUT2D eigenvalue weighted by Crippen LogP contribution is 2.32. The Labute approximate surface area is 97.6 Å². The standard InChI is InChI=1S/C10H10Cl2O3/c11-7-3-1-4-8(12)10(7)15-6-2-5-9(13)14/h1,3-4H,2,5-6H2,(H,13,14)/p-1. The second kappa shape index (κ2) is 5.83. The lowest BCUT2D eigenvalue weighted by Gasteiger charge is -2.09. The van der Waals surface area contributed by atoms with Crippen molar-refractivity contribution in [2.75, 3.05) is 6.61 Å². The molecule has 82 valence electrons. The largest absolute Gasteiger partial charge is 0.550 e. The fourth-order valence-electron chi connectivity index (χ4n) is 1.01. The zero-order chi connectivity index (χ0) is 11.3. The molecule has 0 heterocycles. The Hall–Kier alpha value is -0.930. The fourth-order valence-corrected chi connectivity index (χ4v) is 1.52. The van der Waals surface area contributed by atoms with Crippen LogP contribution in [0.3, 0.4) is 0 Å². The van der Waals surface area contributed by atoms with Crippen LogP contribution in [0.1, 0.15) is 12.8 Å². The first-order chi connectivity index (χ1) is 7.11. The molecule has 0 aliphatic rings. The van der Waals surface area contributed by atoms with Gasteiger partial charge in [-0.3, -0.25) is 0 Å². The number of ether oxygens (including phenoxy) is 1. The van der Waals surface area contributed by atoms with Crippen LogP contribution in [0.2, 0.25) is 10.0 Å². The number of benzene rings is 1. The molecule has 1 rings (SSSR count). The van der Waals surface area contributed by atoms with Crippen molar-refractivity contribution in [3.63, 3.8) is 0 Å². The molecule has 1 aromatic carbocycles. The Morgan fingerprint density at radius 2 is 1.93 bits per heavy atom. The summed E-state index contributed by atoms with van der Waals surface area (Å²) in [6, 6.07) is 5.02. The van der Waals surface area contributed by atoms with Gasteiger partial charge in [0.15, 0.2) is 5.75 Å². The maximum Gasteiger partial charge on any atom is 0.156 e. The number of hydrogen-bond donors (Lipinski definition) is 0. The van der Waals surface area contributed by atoms with Crippen molar-refractivity contribution in [3.05, 3.63) is 28.2 Å². The van der Waals surface area contributed by atoms with E-state index in [-0.39, 0.29) is 13.0 Å². The van der Waals surface area contributed by atoms with Crippen molar-refractivity contribution in [2.24, 2.45) is 0 Å². The number of carboxylic acids is 1. The van der Waals surface area contributed by atoms with E-state index in [0.717, 1.165) is 0 Å². The molecule has 0 bridgehead atoms. The molecule has 0 unspecified atom stereocenters. The number of carbonyl (C=O) groups is 1. The second-order valence-electron chi connectivity index (χ2n) is 2.87. The average molecular weight is 248 g/mol. The summed E-state index contributed by atoms with van der Waals surface area (Å²) in [7, 11) is 0. The summed E-state index contributed by atoms with van der Waals surface area (Å²) in [5.74, 6) is -0.706. The van der Waals surface area contributed by atoms with Crippen LogP contribution in [-0.4, -0.2) is 12.6 Å². The minimum atomic E-state index is -1.09. The number of carboxylic acid groups (broad SMARTS) is 1. The van der Waals surface area contributed by atoms with Crippen molar-refractivity contribution in [1.82, 2.24) is 0 Å². The Balaban J connectivity index is 2.47. The average Bonchev–Trinajstić information content (AvgIpc) is 2.15. The molecular weight excluding hydrogens is 239 g/mol. The molecule has 0 saturated heterocycles. The Kier molecular flexibility index (Phi) is 4.72. The summed E-state index contributed by atoms with van der Waals surface area (Å²) in [6.07, 6.45) is 0.325. The molecular formula is C10H9Cl2O3-. The van der Waals surface area contributed by atoms with Crippen LogP contribution >= 0.6 is 23.2 Å². The first kappa shape index (κ1) is 12.1. The van der Waals surface area contributed by atoms with Gasteiger partial charge in [0.2, 0.25) is 0 Å². The van der Waals surface area contributed by atoms with E-state index < -0.39 is 5.97 Å². The van der Waals surface area contributed by atoms with Crippen molar-refractivity contribution in [3.8, 4) is 5.75 Å². The van der Waals surface area contributed by atoms with Crippen molar-refractivity contribution >= 4 is 29.2 Å². The van der Waals surface area contributed by atoms with E-state index in [1.807, 2.05) is 0 Å². The molecule has 0 N–H and O–H groups in total. The Morgan fingerprint density at radius 1 is 1.33 bits per heavy atom. The lowest BCUT2D eigenvalue weighted by atomic mass is 10.3. The maximum atomic E-state index is 10.1. The Bertz CT molecular complexity index is 332. The molecule has 0 spiro atoms. The predicted molar refractivity (Wildman–Crippen MR) is 56.2 cm³/mol. The van der Waals surface area contributed by atoms with E-state index in [1.54, 1.807) is 18.2 Å². The number of rotatable bonds is 5. The number of halogens is 2. The third-order valence-electron chi connectivity index (χ3n) is 1.69. The molecule has 0 amide bonds. The van der Waals surface area contributed by atoms with Gasteiger partial charge in [-0.05, 0) is 25.0 Å². The van der Waals surface area contributed by atoms with Crippen LogP contribution in [0.15, 0.2) is 18.2 Å². The van der Waals surface area contributed by atoms with Crippen molar-refractivity contribution in [2.45, 2.75) is 12.8 Å². The summed E-state index contributed by atoms with van der Waals surface area (Å²) in [5, 5.41) is 11.0. The van der Waals surface area contributed by atoms with Gasteiger partial charge in [-0.2, -0.15) is 0 Å². The highest BCUT2D eigenvalue weighted by molar-refractivity contribution is 6.37. The quantitative estimate of drug-likeness (QED) is 0.747. The normalized spacial score (nSPS) is 10.0. The molecule has 1 aromatic rings. The summed E-state index contributed by atoms with van der Waals surface area (Å²) < 4.78 is 5.26. The molecule has 15 heavy (non-hydrogen) atoms. The molecule has 0 fully saturated rings. The van der Waals surface area contributed by atoms with E-state index in [2.05, 4.69) is 0 Å². The van der Waals surface area contributed by atoms with Gasteiger partial charge >= 0.3 is 0 Å². The molecule has 3 nitrogen and oxygen atoms in total. The van der Waals surface area contributed by atoms with Crippen LogP contribution in [-0.2, 0) is 4.79 Å². The SMILES string of the molecule is O=C([O-])CCCOc1c(Cl)cccc1Cl.